The van der Waals surface area contributed by atoms with Gasteiger partial charge in [0, 0.05) is 33.5 Å². The number of hydrogen-bond acceptors (Lipinski definition) is 4. The van der Waals surface area contributed by atoms with Gasteiger partial charge in [-0.2, -0.15) is 0 Å². The largest absolute Gasteiger partial charge is 0.444 e. The molecular weight excluding hydrogens is 238 g/mol. The van der Waals surface area contributed by atoms with Gasteiger partial charge in [0.1, 0.15) is 6.10 Å². The standard InChI is InChI=1S/C11H19N3O4/c1-8(15)12-5-6-13-10(16)4-3-9-7-14(2)11(17)18-9/h9H,3-7H2,1-2H3,(H,12,15)(H,13,16). The highest BCUT2D eigenvalue weighted by Gasteiger charge is 2.28. The number of nitrogens with zero attached hydrogens (tertiary/aromatic N) is 1. The molecule has 0 aromatic carbocycles. The van der Waals surface area contributed by atoms with E-state index in [4.69, 9.17) is 4.74 Å². The van der Waals surface area contributed by atoms with E-state index in [0.29, 0.717) is 32.5 Å². The minimum atomic E-state index is -0.342. The van der Waals surface area contributed by atoms with Gasteiger partial charge >= 0.3 is 6.09 Å². The highest BCUT2D eigenvalue weighted by molar-refractivity contribution is 5.76. The van der Waals surface area contributed by atoms with Crippen LogP contribution in [0.25, 0.3) is 0 Å². The van der Waals surface area contributed by atoms with Crippen LogP contribution in [-0.2, 0) is 14.3 Å². The molecule has 0 saturated carbocycles. The first kappa shape index (κ1) is 14.3. The molecule has 0 bridgehead atoms. The van der Waals surface area contributed by atoms with E-state index < -0.39 is 0 Å². The van der Waals surface area contributed by atoms with E-state index in [-0.39, 0.29) is 24.0 Å². The fourth-order valence-corrected chi connectivity index (χ4v) is 1.62. The molecule has 3 amide bonds. The fourth-order valence-electron chi connectivity index (χ4n) is 1.62. The molecular formula is C11H19N3O4. The van der Waals surface area contributed by atoms with Crippen LogP contribution in [0.1, 0.15) is 19.8 Å². The Morgan fingerprint density at radius 2 is 2.06 bits per heavy atom. The van der Waals surface area contributed by atoms with Gasteiger partial charge in [-0.1, -0.05) is 0 Å². The topological polar surface area (TPSA) is 87.7 Å². The molecule has 0 radical (unpaired) electrons. The number of likely N-dealkylation sites (N-methyl/N-ethyl adjacent to an activating group) is 1. The molecule has 1 unspecified atom stereocenters. The number of hydrogen-bond donors (Lipinski definition) is 2. The Labute approximate surface area is 106 Å². The van der Waals surface area contributed by atoms with Crippen molar-refractivity contribution in [3.8, 4) is 0 Å². The number of rotatable bonds is 6. The molecule has 0 spiro atoms. The number of nitrogens with one attached hydrogen (secondary N) is 2. The van der Waals surface area contributed by atoms with Crippen LogP contribution >= 0.6 is 0 Å². The van der Waals surface area contributed by atoms with Crippen LogP contribution in [0.3, 0.4) is 0 Å². The molecule has 18 heavy (non-hydrogen) atoms. The van der Waals surface area contributed by atoms with Crippen molar-refractivity contribution in [2.24, 2.45) is 0 Å². The van der Waals surface area contributed by atoms with Gasteiger partial charge in [0.2, 0.25) is 11.8 Å². The van der Waals surface area contributed by atoms with Crippen molar-refractivity contribution in [3.63, 3.8) is 0 Å². The molecule has 1 saturated heterocycles. The first-order valence-electron chi connectivity index (χ1n) is 5.92. The van der Waals surface area contributed by atoms with Gasteiger partial charge in [-0.05, 0) is 6.42 Å². The fraction of sp³-hybridized carbons (Fsp3) is 0.727. The highest BCUT2D eigenvalue weighted by Crippen LogP contribution is 2.13. The second kappa shape index (κ2) is 6.83. The summed E-state index contributed by atoms with van der Waals surface area (Å²) in [6, 6.07) is 0. The van der Waals surface area contributed by atoms with Crippen molar-refractivity contribution < 1.29 is 19.1 Å². The van der Waals surface area contributed by atoms with Crippen LogP contribution in [0, 0.1) is 0 Å². The Morgan fingerprint density at radius 3 is 2.61 bits per heavy atom. The van der Waals surface area contributed by atoms with E-state index in [0.717, 1.165) is 0 Å². The van der Waals surface area contributed by atoms with Crippen molar-refractivity contribution in [2.75, 3.05) is 26.7 Å². The predicted molar refractivity (Wildman–Crippen MR) is 63.8 cm³/mol. The number of carbonyl (C=O) groups is 3. The van der Waals surface area contributed by atoms with Crippen molar-refractivity contribution in [1.29, 1.82) is 0 Å². The van der Waals surface area contributed by atoms with E-state index in [1.54, 1.807) is 7.05 Å². The van der Waals surface area contributed by atoms with Gasteiger partial charge in [0.25, 0.3) is 0 Å². The second-order valence-electron chi connectivity index (χ2n) is 4.26. The van der Waals surface area contributed by atoms with E-state index in [2.05, 4.69) is 10.6 Å². The van der Waals surface area contributed by atoms with Crippen molar-refractivity contribution in [1.82, 2.24) is 15.5 Å². The van der Waals surface area contributed by atoms with Crippen LogP contribution in [0.15, 0.2) is 0 Å². The van der Waals surface area contributed by atoms with Gasteiger partial charge in [0.05, 0.1) is 6.54 Å². The van der Waals surface area contributed by atoms with Crippen LogP contribution < -0.4 is 10.6 Å². The normalized spacial score (nSPS) is 18.4. The third-order valence-corrected chi connectivity index (χ3v) is 2.57. The molecule has 1 aliphatic heterocycles. The van der Waals surface area contributed by atoms with Crippen LogP contribution in [0.2, 0.25) is 0 Å². The number of amides is 3. The summed E-state index contributed by atoms with van der Waals surface area (Å²) in [7, 11) is 1.66. The Hall–Kier alpha value is -1.79. The smallest absolute Gasteiger partial charge is 0.409 e. The van der Waals surface area contributed by atoms with Gasteiger partial charge < -0.3 is 20.3 Å². The third-order valence-electron chi connectivity index (χ3n) is 2.57. The summed E-state index contributed by atoms with van der Waals surface area (Å²) in [5, 5.41) is 5.26. The molecule has 102 valence electrons. The molecule has 0 aromatic rings. The van der Waals surface area contributed by atoms with E-state index in [9.17, 15) is 14.4 Å². The lowest BCUT2D eigenvalue weighted by Crippen LogP contribution is -2.34. The molecule has 2 N–H and O–H groups in total. The summed E-state index contributed by atoms with van der Waals surface area (Å²) < 4.78 is 5.03. The SMILES string of the molecule is CC(=O)NCCNC(=O)CCC1CN(C)C(=O)O1. The average Bonchev–Trinajstić information content (AvgIpc) is 2.61. The van der Waals surface area contributed by atoms with Gasteiger partial charge in [0.15, 0.2) is 0 Å². The maximum atomic E-state index is 11.4. The lowest BCUT2D eigenvalue weighted by Gasteiger charge is -2.08. The lowest BCUT2D eigenvalue weighted by atomic mass is 10.2. The molecule has 0 aliphatic carbocycles. The third kappa shape index (κ3) is 5.03. The zero-order valence-corrected chi connectivity index (χ0v) is 10.7. The van der Waals surface area contributed by atoms with Crippen molar-refractivity contribution >= 4 is 17.9 Å². The maximum absolute atomic E-state index is 11.4. The Morgan fingerprint density at radius 1 is 1.39 bits per heavy atom. The molecule has 7 nitrogen and oxygen atoms in total. The Kier molecular flexibility index (Phi) is 5.41. The van der Waals surface area contributed by atoms with E-state index in [1.807, 2.05) is 0 Å². The lowest BCUT2D eigenvalue weighted by molar-refractivity contribution is -0.122. The minimum absolute atomic E-state index is 0.106. The summed E-state index contributed by atoms with van der Waals surface area (Å²) in [4.78, 5) is 34.6. The summed E-state index contributed by atoms with van der Waals surface area (Å²) in [6.07, 6.45) is 0.281. The Balaban J connectivity index is 2.07. The number of cyclic esters (lactones) is 1. The Bertz CT molecular complexity index is 332. The molecule has 1 rings (SSSR count). The van der Waals surface area contributed by atoms with Crippen LogP contribution in [-0.4, -0.2) is 55.6 Å². The maximum Gasteiger partial charge on any atom is 0.409 e. The van der Waals surface area contributed by atoms with Crippen molar-refractivity contribution in [3.05, 3.63) is 0 Å². The first-order valence-corrected chi connectivity index (χ1v) is 5.92. The highest BCUT2D eigenvalue weighted by atomic mass is 16.6. The zero-order valence-electron chi connectivity index (χ0n) is 10.7. The van der Waals surface area contributed by atoms with E-state index >= 15 is 0 Å². The number of carbonyl (C=O) groups excluding carboxylic acids is 3. The summed E-state index contributed by atoms with van der Waals surface area (Å²) in [5.74, 6) is -0.226. The quantitative estimate of drug-likeness (QED) is 0.626. The van der Waals surface area contributed by atoms with Crippen molar-refractivity contribution in [2.45, 2.75) is 25.9 Å². The van der Waals surface area contributed by atoms with Crippen LogP contribution in [0.4, 0.5) is 4.79 Å². The summed E-state index contributed by atoms with van der Waals surface area (Å²) >= 11 is 0. The molecule has 1 fully saturated rings. The predicted octanol–water partition coefficient (Wildman–Crippen LogP) is -0.530. The van der Waals surface area contributed by atoms with Gasteiger partial charge in [-0.3, -0.25) is 9.59 Å². The zero-order chi connectivity index (χ0) is 13.5. The summed E-state index contributed by atoms with van der Waals surface area (Å²) in [5.41, 5.74) is 0. The monoisotopic (exact) mass is 257 g/mol. The summed E-state index contributed by atoms with van der Waals surface area (Å²) in [6.45, 7) is 2.77. The molecule has 1 aliphatic rings. The molecule has 1 heterocycles. The minimum Gasteiger partial charge on any atom is -0.444 e. The van der Waals surface area contributed by atoms with Gasteiger partial charge in [-0.15, -0.1) is 0 Å². The van der Waals surface area contributed by atoms with Crippen LogP contribution in [0.5, 0.6) is 0 Å². The first-order chi connectivity index (χ1) is 8.49. The molecule has 0 aromatic heterocycles. The second-order valence-corrected chi connectivity index (χ2v) is 4.26. The number of ether oxygens (including phenoxy) is 1. The van der Waals surface area contributed by atoms with Gasteiger partial charge in [-0.25, -0.2) is 4.79 Å². The molecule has 1 atom stereocenters. The van der Waals surface area contributed by atoms with E-state index in [1.165, 1.54) is 11.8 Å². The average molecular weight is 257 g/mol. The molecule has 7 heteroatoms.